The summed E-state index contributed by atoms with van der Waals surface area (Å²) in [5.74, 6) is 0.255. The van der Waals surface area contributed by atoms with Gasteiger partial charge in [0.2, 0.25) is 0 Å². The highest BCUT2D eigenvalue weighted by Crippen LogP contribution is 2.20. The van der Waals surface area contributed by atoms with Crippen LogP contribution in [0.4, 0.5) is 5.82 Å². The Bertz CT molecular complexity index is 629. The van der Waals surface area contributed by atoms with Crippen LogP contribution in [0.5, 0.6) is 5.75 Å². The summed E-state index contributed by atoms with van der Waals surface area (Å²) in [6.45, 7) is 0.644. The Hall–Kier alpha value is -2.27. The largest absolute Gasteiger partial charge is 0.497 e. The predicted molar refractivity (Wildman–Crippen MR) is 81.4 cm³/mol. The molecule has 0 spiro atoms. The third kappa shape index (κ3) is 4.10. The molecule has 1 heterocycles. The molecule has 0 radical (unpaired) electrons. The molecule has 2 rings (SSSR count). The van der Waals surface area contributed by atoms with Gasteiger partial charge in [-0.15, -0.1) is 0 Å². The van der Waals surface area contributed by atoms with E-state index in [9.17, 15) is 4.79 Å². The normalized spacial score (nSPS) is 10.2. The van der Waals surface area contributed by atoms with Crippen LogP contribution in [0.1, 0.15) is 15.9 Å². The molecule has 110 valence electrons. The number of halogens is 1. The number of carboxylic acids is 1. The number of benzene rings is 1. The number of hydrogen-bond acceptors (Lipinski definition) is 4. The summed E-state index contributed by atoms with van der Waals surface area (Å²) in [4.78, 5) is 14.8. The summed E-state index contributed by atoms with van der Waals surface area (Å²) >= 11 is 5.99. The van der Waals surface area contributed by atoms with Gasteiger partial charge in [-0.1, -0.05) is 23.7 Å². The van der Waals surface area contributed by atoms with Crippen molar-refractivity contribution in [2.75, 3.05) is 19.0 Å². The van der Waals surface area contributed by atoms with Crippen LogP contribution < -0.4 is 10.1 Å². The summed E-state index contributed by atoms with van der Waals surface area (Å²) < 4.78 is 5.10. The van der Waals surface area contributed by atoms with Gasteiger partial charge in [0.15, 0.2) is 0 Å². The van der Waals surface area contributed by atoms with Crippen LogP contribution in [0.2, 0.25) is 5.02 Å². The maximum absolute atomic E-state index is 10.8. The molecule has 2 aromatic rings. The number of carboxylic acid groups (broad SMARTS) is 1. The summed E-state index contributed by atoms with van der Waals surface area (Å²) in [5, 5.41) is 12.2. The molecular formula is C15H15ClN2O3. The van der Waals surface area contributed by atoms with Crippen LogP contribution in [0.15, 0.2) is 36.5 Å². The van der Waals surface area contributed by atoms with E-state index in [4.69, 9.17) is 21.4 Å². The highest BCUT2D eigenvalue weighted by atomic mass is 35.5. The van der Waals surface area contributed by atoms with E-state index < -0.39 is 5.97 Å². The fourth-order valence-corrected chi connectivity index (χ4v) is 2.04. The van der Waals surface area contributed by atoms with E-state index in [-0.39, 0.29) is 5.56 Å². The smallest absolute Gasteiger partial charge is 0.337 e. The second-order valence-electron chi connectivity index (χ2n) is 4.38. The van der Waals surface area contributed by atoms with Gasteiger partial charge in [0.1, 0.15) is 11.6 Å². The fourth-order valence-electron chi connectivity index (χ4n) is 1.80. The number of hydrogen-bond donors (Lipinski definition) is 2. The summed E-state index contributed by atoms with van der Waals surface area (Å²) in [5.41, 5.74) is 1.22. The Morgan fingerprint density at radius 3 is 2.67 bits per heavy atom. The minimum absolute atomic E-state index is 0.0701. The quantitative estimate of drug-likeness (QED) is 0.858. The van der Waals surface area contributed by atoms with Crippen LogP contribution in [0, 0.1) is 0 Å². The molecule has 5 nitrogen and oxygen atoms in total. The molecule has 0 amide bonds. The summed E-state index contributed by atoms with van der Waals surface area (Å²) in [6, 6.07) is 9.17. The minimum Gasteiger partial charge on any atom is -0.497 e. The molecule has 0 aliphatic heterocycles. The number of aromatic carboxylic acids is 1. The van der Waals surface area contributed by atoms with Crippen LogP contribution in [0.25, 0.3) is 0 Å². The van der Waals surface area contributed by atoms with Gasteiger partial charge in [-0.05, 0) is 30.2 Å². The summed E-state index contributed by atoms with van der Waals surface area (Å²) in [6.07, 6.45) is 2.08. The van der Waals surface area contributed by atoms with Gasteiger partial charge in [0, 0.05) is 12.7 Å². The number of ether oxygens (including phenoxy) is 1. The van der Waals surface area contributed by atoms with Crippen molar-refractivity contribution in [3.05, 3.63) is 52.7 Å². The molecule has 6 heteroatoms. The third-order valence-corrected chi connectivity index (χ3v) is 3.24. The Kier molecular flexibility index (Phi) is 5.00. The van der Waals surface area contributed by atoms with Crippen molar-refractivity contribution in [2.45, 2.75) is 6.42 Å². The van der Waals surface area contributed by atoms with E-state index >= 15 is 0 Å². The molecule has 21 heavy (non-hydrogen) atoms. The van der Waals surface area contributed by atoms with Gasteiger partial charge < -0.3 is 15.2 Å². The molecule has 0 aliphatic rings. The number of anilines is 1. The van der Waals surface area contributed by atoms with E-state index in [0.717, 1.165) is 17.7 Å². The first-order valence-corrected chi connectivity index (χ1v) is 6.73. The number of methoxy groups -OCH3 is 1. The zero-order valence-electron chi connectivity index (χ0n) is 11.5. The monoisotopic (exact) mass is 306 g/mol. The zero-order chi connectivity index (χ0) is 15.2. The molecule has 1 aromatic carbocycles. The first-order valence-electron chi connectivity index (χ1n) is 6.36. The maximum atomic E-state index is 10.8. The van der Waals surface area contributed by atoms with Crippen molar-refractivity contribution in [2.24, 2.45) is 0 Å². The Balaban J connectivity index is 1.92. The topological polar surface area (TPSA) is 71.5 Å². The van der Waals surface area contributed by atoms with Gasteiger partial charge in [0.05, 0.1) is 17.7 Å². The van der Waals surface area contributed by atoms with Gasteiger partial charge in [-0.3, -0.25) is 0 Å². The molecule has 0 saturated heterocycles. The lowest BCUT2D eigenvalue weighted by atomic mass is 10.1. The Labute approximate surface area is 127 Å². The van der Waals surface area contributed by atoms with E-state index in [2.05, 4.69) is 10.3 Å². The van der Waals surface area contributed by atoms with Gasteiger partial charge >= 0.3 is 5.97 Å². The average Bonchev–Trinajstić information content (AvgIpc) is 2.49. The average molecular weight is 307 g/mol. The van der Waals surface area contributed by atoms with Crippen LogP contribution in [-0.2, 0) is 6.42 Å². The van der Waals surface area contributed by atoms with Crippen molar-refractivity contribution in [1.82, 2.24) is 4.98 Å². The van der Waals surface area contributed by atoms with Crippen LogP contribution in [-0.4, -0.2) is 29.7 Å². The van der Waals surface area contributed by atoms with Crippen LogP contribution in [0.3, 0.4) is 0 Å². The minimum atomic E-state index is -1.05. The molecule has 0 atom stereocenters. The number of aromatic nitrogens is 1. The van der Waals surface area contributed by atoms with Crippen molar-refractivity contribution in [3.63, 3.8) is 0 Å². The second-order valence-corrected chi connectivity index (χ2v) is 4.79. The van der Waals surface area contributed by atoms with Crippen molar-refractivity contribution in [1.29, 1.82) is 0 Å². The van der Waals surface area contributed by atoms with Gasteiger partial charge in [-0.2, -0.15) is 0 Å². The lowest BCUT2D eigenvalue weighted by molar-refractivity contribution is 0.0696. The van der Waals surface area contributed by atoms with E-state index in [1.54, 1.807) is 7.11 Å². The van der Waals surface area contributed by atoms with Gasteiger partial charge in [-0.25, -0.2) is 9.78 Å². The molecule has 0 bridgehead atoms. The van der Waals surface area contributed by atoms with E-state index in [0.29, 0.717) is 17.4 Å². The first kappa shape index (κ1) is 15.1. The molecule has 1 aromatic heterocycles. The predicted octanol–water partition coefficient (Wildman–Crippen LogP) is 3.10. The van der Waals surface area contributed by atoms with E-state index in [1.807, 2.05) is 24.3 Å². The Morgan fingerprint density at radius 2 is 2.10 bits per heavy atom. The van der Waals surface area contributed by atoms with Gasteiger partial charge in [0.25, 0.3) is 0 Å². The zero-order valence-corrected chi connectivity index (χ0v) is 12.2. The van der Waals surface area contributed by atoms with Crippen LogP contribution >= 0.6 is 11.6 Å². The number of nitrogens with one attached hydrogen (secondary N) is 1. The van der Waals surface area contributed by atoms with Crippen molar-refractivity contribution in [3.8, 4) is 5.75 Å². The number of nitrogens with zero attached hydrogens (tertiary/aromatic N) is 1. The Morgan fingerprint density at radius 1 is 1.38 bits per heavy atom. The molecule has 0 saturated carbocycles. The third-order valence-electron chi connectivity index (χ3n) is 2.95. The summed E-state index contributed by atoms with van der Waals surface area (Å²) in [7, 11) is 1.63. The molecule has 0 unspecified atom stereocenters. The molecule has 0 fully saturated rings. The standard InChI is InChI=1S/C15H15ClN2O3/c1-21-12-4-2-10(3-5-12)6-7-17-14-13(16)8-11(9-18-14)15(19)20/h2-5,8-9H,6-7H2,1H3,(H,17,18)(H,19,20). The fraction of sp³-hybridized carbons (Fsp3) is 0.200. The molecular weight excluding hydrogens is 292 g/mol. The highest BCUT2D eigenvalue weighted by Gasteiger charge is 2.08. The maximum Gasteiger partial charge on any atom is 0.337 e. The van der Waals surface area contributed by atoms with Crippen molar-refractivity contribution >= 4 is 23.4 Å². The van der Waals surface area contributed by atoms with E-state index in [1.165, 1.54) is 12.3 Å². The first-order chi connectivity index (χ1) is 10.1. The number of carbonyl (C=O) groups is 1. The molecule has 2 N–H and O–H groups in total. The second kappa shape index (κ2) is 6.95. The SMILES string of the molecule is COc1ccc(CCNc2ncc(C(=O)O)cc2Cl)cc1. The lowest BCUT2D eigenvalue weighted by Gasteiger charge is -2.08. The number of rotatable bonds is 6. The molecule has 0 aliphatic carbocycles. The lowest BCUT2D eigenvalue weighted by Crippen LogP contribution is -2.08. The number of pyridine rings is 1. The highest BCUT2D eigenvalue weighted by molar-refractivity contribution is 6.33. The van der Waals surface area contributed by atoms with Crippen molar-refractivity contribution < 1.29 is 14.6 Å².